The van der Waals surface area contributed by atoms with Crippen LogP contribution in [-0.4, -0.2) is 31.9 Å². The molecular formula is C11H14ClFN2O2S. The van der Waals surface area contributed by atoms with E-state index < -0.39 is 15.8 Å². The molecule has 1 aliphatic heterocycles. The lowest BCUT2D eigenvalue weighted by atomic mass is 10.1. The Morgan fingerprint density at radius 1 is 1.44 bits per heavy atom. The van der Waals surface area contributed by atoms with E-state index in [4.69, 9.17) is 17.3 Å². The molecule has 0 aromatic heterocycles. The second-order valence-electron chi connectivity index (χ2n) is 4.34. The van der Waals surface area contributed by atoms with E-state index in [1.54, 1.807) is 0 Å². The second-order valence-corrected chi connectivity index (χ2v) is 6.65. The second kappa shape index (κ2) is 5.13. The highest BCUT2D eigenvalue weighted by molar-refractivity contribution is 7.89. The van der Waals surface area contributed by atoms with Crippen LogP contribution in [0.15, 0.2) is 23.1 Å². The molecule has 0 bridgehead atoms. The Hall–Kier alpha value is -0.690. The number of benzene rings is 1. The molecule has 1 aliphatic rings. The third-order valence-electron chi connectivity index (χ3n) is 2.93. The summed E-state index contributed by atoms with van der Waals surface area (Å²) in [4.78, 5) is -0.196. The molecule has 1 atom stereocenters. The minimum absolute atomic E-state index is 0.0237. The average molecular weight is 293 g/mol. The smallest absolute Gasteiger partial charge is 0.244 e. The Morgan fingerprint density at radius 3 is 2.83 bits per heavy atom. The van der Waals surface area contributed by atoms with Gasteiger partial charge in [-0.2, -0.15) is 4.31 Å². The van der Waals surface area contributed by atoms with Gasteiger partial charge in [-0.05, 0) is 31.0 Å². The van der Waals surface area contributed by atoms with Crippen molar-refractivity contribution < 1.29 is 12.8 Å². The summed E-state index contributed by atoms with van der Waals surface area (Å²) in [6.45, 7) is 0.637. The molecule has 1 saturated heterocycles. The summed E-state index contributed by atoms with van der Waals surface area (Å²) in [5, 5.41) is 0.0237. The molecular weight excluding hydrogens is 279 g/mol. The van der Waals surface area contributed by atoms with Crippen LogP contribution in [0.3, 0.4) is 0 Å². The number of nitrogens with zero attached hydrogens (tertiary/aromatic N) is 1. The van der Waals surface area contributed by atoms with Crippen molar-refractivity contribution in [3.8, 4) is 0 Å². The normalized spacial score (nSPS) is 22.1. The molecule has 0 spiro atoms. The molecule has 2 N–H and O–H groups in total. The molecule has 18 heavy (non-hydrogen) atoms. The predicted octanol–water partition coefficient (Wildman–Crippen LogP) is 1.59. The van der Waals surface area contributed by atoms with Crippen molar-refractivity contribution in [2.24, 2.45) is 5.73 Å². The highest BCUT2D eigenvalue weighted by Gasteiger charge is 2.30. The fourth-order valence-corrected chi connectivity index (χ4v) is 4.03. The monoisotopic (exact) mass is 292 g/mol. The molecule has 100 valence electrons. The first-order chi connectivity index (χ1) is 8.41. The molecule has 0 saturated carbocycles. The van der Waals surface area contributed by atoms with Gasteiger partial charge in [0.2, 0.25) is 10.0 Å². The Labute approximate surface area is 111 Å². The molecule has 0 aliphatic carbocycles. The molecule has 1 aromatic carbocycles. The van der Waals surface area contributed by atoms with E-state index >= 15 is 0 Å². The Bertz CT molecular complexity index is 550. The Kier molecular flexibility index (Phi) is 3.91. The summed E-state index contributed by atoms with van der Waals surface area (Å²) in [5.41, 5.74) is 5.75. The van der Waals surface area contributed by atoms with E-state index in [-0.39, 0.29) is 22.5 Å². The van der Waals surface area contributed by atoms with Gasteiger partial charge in [-0.15, -0.1) is 0 Å². The molecule has 0 radical (unpaired) electrons. The molecule has 7 heteroatoms. The van der Waals surface area contributed by atoms with Gasteiger partial charge in [0.25, 0.3) is 0 Å². The van der Waals surface area contributed by atoms with E-state index in [0.29, 0.717) is 13.0 Å². The van der Waals surface area contributed by atoms with Crippen molar-refractivity contribution >= 4 is 21.6 Å². The fourth-order valence-electron chi connectivity index (χ4n) is 2.01. The number of halogens is 2. The molecule has 1 heterocycles. The van der Waals surface area contributed by atoms with Crippen LogP contribution in [0.25, 0.3) is 0 Å². The maximum Gasteiger partial charge on any atom is 0.244 e. The summed E-state index contributed by atoms with van der Waals surface area (Å²) in [6.07, 6.45) is 1.50. The first-order valence-electron chi connectivity index (χ1n) is 5.62. The first kappa shape index (κ1) is 13.7. The lowest BCUT2D eigenvalue weighted by Gasteiger charge is -2.30. The molecule has 0 unspecified atom stereocenters. The number of hydrogen-bond donors (Lipinski definition) is 1. The van der Waals surface area contributed by atoms with E-state index in [1.165, 1.54) is 10.4 Å². The van der Waals surface area contributed by atoms with Crippen LogP contribution >= 0.6 is 11.6 Å². The Balaban J connectivity index is 2.38. The van der Waals surface area contributed by atoms with E-state index in [9.17, 15) is 12.8 Å². The largest absolute Gasteiger partial charge is 0.327 e. The van der Waals surface area contributed by atoms with Gasteiger partial charge in [0.05, 0.1) is 5.02 Å². The minimum Gasteiger partial charge on any atom is -0.327 e. The van der Waals surface area contributed by atoms with Gasteiger partial charge in [-0.1, -0.05) is 11.6 Å². The van der Waals surface area contributed by atoms with Crippen molar-refractivity contribution in [3.05, 3.63) is 29.0 Å². The molecule has 4 nitrogen and oxygen atoms in total. The minimum atomic E-state index is -3.77. The van der Waals surface area contributed by atoms with Gasteiger partial charge in [-0.25, -0.2) is 12.8 Å². The quantitative estimate of drug-likeness (QED) is 0.900. The van der Waals surface area contributed by atoms with Crippen molar-refractivity contribution in [1.82, 2.24) is 4.31 Å². The van der Waals surface area contributed by atoms with Crippen LogP contribution in [0.5, 0.6) is 0 Å². The summed E-state index contributed by atoms with van der Waals surface area (Å²) in [5.74, 6) is -0.626. The van der Waals surface area contributed by atoms with Gasteiger partial charge in [-0.3, -0.25) is 0 Å². The maximum atomic E-state index is 13.2. The summed E-state index contributed by atoms with van der Waals surface area (Å²) < 4.78 is 39.1. The van der Waals surface area contributed by atoms with Crippen LogP contribution in [-0.2, 0) is 10.0 Å². The zero-order chi connectivity index (χ0) is 13.3. The van der Waals surface area contributed by atoms with Gasteiger partial charge < -0.3 is 5.73 Å². The molecule has 1 aromatic rings. The van der Waals surface area contributed by atoms with Crippen LogP contribution in [0, 0.1) is 5.82 Å². The summed E-state index contributed by atoms with van der Waals surface area (Å²) >= 11 is 5.83. The summed E-state index contributed by atoms with van der Waals surface area (Å²) in [7, 11) is -3.77. The average Bonchev–Trinajstić information content (AvgIpc) is 2.32. The van der Waals surface area contributed by atoms with Gasteiger partial charge >= 0.3 is 0 Å². The van der Waals surface area contributed by atoms with Crippen LogP contribution < -0.4 is 5.73 Å². The number of nitrogens with two attached hydrogens (primary N) is 1. The van der Waals surface area contributed by atoms with E-state index in [0.717, 1.165) is 18.6 Å². The van der Waals surface area contributed by atoms with E-state index in [1.807, 2.05) is 0 Å². The number of hydrogen-bond acceptors (Lipinski definition) is 3. The number of piperidine rings is 1. The van der Waals surface area contributed by atoms with Gasteiger partial charge in [0, 0.05) is 19.1 Å². The summed E-state index contributed by atoms with van der Waals surface area (Å²) in [6, 6.07) is 3.13. The van der Waals surface area contributed by atoms with Crippen LogP contribution in [0.1, 0.15) is 12.8 Å². The van der Waals surface area contributed by atoms with Crippen LogP contribution in [0.2, 0.25) is 5.02 Å². The molecule has 1 fully saturated rings. The predicted molar refractivity (Wildman–Crippen MR) is 67.4 cm³/mol. The highest BCUT2D eigenvalue weighted by Crippen LogP contribution is 2.27. The number of sulfonamides is 1. The van der Waals surface area contributed by atoms with Crippen molar-refractivity contribution in [2.75, 3.05) is 13.1 Å². The first-order valence-corrected chi connectivity index (χ1v) is 7.44. The van der Waals surface area contributed by atoms with Crippen molar-refractivity contribution in [3.63, 3.8) is 0 Å². The van der Waals surface area contributed by atoms with Crippen molar-refractivity contribution in [1.29, 1.82) is 0 Å². The maximum absolute atomic E-state index is 13.2. The lowest BCUT2D eigenvalue weighted by Crippen LogP contribution is -2.45. The third kappa shape index (κ3) is 2.66. The molecule has 2 rings (SSSR count). The van der Waals surface area contributed by atoms with Gasteiger partial charge in [0.15, 0.2) is 0 Å². The standard InChI is InChI=1S/C11H14ClFN2O2S/c12-10-4-3-8(13)6-11(10)18(16,17)15-5-1-2-9(14)7-15/h3-4,6,9H,1-2,5,7,14H2/t9-/m1/s1. The Morgan fingerprint density at radius 2 is 2.17 bits per heavy atom. The topological polar surface area (TPSA) is 63.4 Å². The SMILES string of the molecule is N[C@@H]1CCCN(S(=O)(=O)c2cc(F)ccc2Cl)C1. The zero-order valence-electron chi connectivity index (χ0n) is 9.64. The van der Waals surface area contributed by atoms with Gasteiger partial charge in [0.1, 0.15) is 10.7 Å². The highest BCUT2D eigenvalue weighted by atomic mass is 35.5. The van der Waals surface area contributed by atoms with E-state index in [2.05, 4.69) is 0 Å². The fraction of sp³-hybridized carbons (Fsp3) is 0.455. The lowest BCUT2D eigenvalue weighted by molar-refractivity contribution is 0.316. The molecule has 0 amide bonds. The van der Waals surface area contributed by atoms with Crippen molar-refractivity contribution in [2.45, 2.75) is 23.8 Å². The van der Waals surface area contributed by atoms with Crippen LogP contribution in [0.4, 0.5) is 4.39 Å². The zero-order valence-corrected chi connectivity index (χ0v) is 11.2. The third-order valence-corrected chi connectivity index (χ3v) is 5.28. The number of rotatable bonds is 2.